The van der Waals surface area contributed by atoms with Gasteiger partial charge >= 0.3 is 0 Å². The molecular weight excluding hydrogens is 210 g/mol. The lowest BCUT2D eigenvalue weighted by molar-refractivity contribution is 0.621. The summed E-state index contributed by atoms with van der Waals surface area (Å²) in [5.41, 5.74) is 1.33. The van der Waals surface area contributed by atoms with Crippen LogP contribution in [-0.4, -0.2) is 18.1 Å². The zero-order valence-electron chi connectivity index (χ0n) is 11.6. The quantitative estimate of drug-likeness (QED) is 0.538. The standard InChI is InChI=1S/C13H21N.C2H6.H2O.H2/c1-4-7-9-14-13-10-12(13)11(6-3)8-5-2;1-2;;/h5-6,8,12-14H,2-4,7,9-10H2,1H3;1-2H3;1H2;1H/b11-8+;;;. The van der Waals surface area contributed by atoms with Crippen molar-refractivity contribution in [2.24, 2.45) is 5.92 Å². The van der Waals surface area contributed by atoms with Crippen molar-refractivity contribution in [3.63, 3.8) is 0 Å². The third-order valence-electron chi connectivity index (χ3n) is 2.70. The molecule has 2 atom stereocenters. The summed E-state index contributed by atoms with van der Waals surface area (Å²) in [5.74, 6) is 0.683. The molecule has 1 fully saturated rings. The van der Waals surface area contributed by atoms with Gasteiger partial charge in [-0.25, -0.2) is 0 Å². The third-order valence-corrected chi connectivity index (χ3v) is 2.70. The van der Waals surface area contributed by atoms with Crippen molar-refractivity contribution >= 4 is 0 Å². The molecule has 0 aromatic rings. The van der Waals surface area contributed by atoms with Gasteiger partial charge in [0.1, 0.15) is 0 Å². The van der Waals surface area contributed by atoms with Gasteiger partial charge in [0.2, 0.25) is 0 Å². The average molecular weight is 241 g/mol. The summed E-state index contributed by atoms with van der Waals surface area (Å²) in [7, 11) is 0. The van der Waals surface area contributed by atoms with Crippen molar-refractivity contribution in [2.75, 3.05) is 6.54 Å². The van der Waals surface area contributed by atoms with Crippen molar-refractivity contribution < 1.29 is 6.90 Å². The maximum absolute atomic E-state index is 3.83. The van der Waals surface area contributed by atoms with Gasteiger partial charge in [0.05, 0.1) is 0 Å². The Morgan fingerprint density at radius 2 is 2.06 bits per heavy atom. The number of allylic oxidation sites excluding steroid dienone is 3. The minimum Gasteiger partial charge on any atom is -0.412 e. The highest BCUT2D eigenvalue weighted by Crippen LogP contribution is 2.37. The molecule has 0 aliphatic heterocycles. The highest BCUT2D eigenvalue weighted by Gasteiger charge is 2.37. The van der Waals surface area contributed by atoms with E-state index in [-0.39, 0.29) is 6.90 Å². The Hall–Kier alpha value is -0.860. The number of hydrogen-bond acceptors (Lipinski definition) is 1. The summed E-state index contributed by atoms with van der Waals surface area (Å²) < 4.78 is 0. The lowest BCUT2D eigenvalue weighted by Crippen LogP contribution is -2.19. The molecule has 0 saturated heterocycles. The van der Waals surface area contributed by atoms with Crippen LogP contribution in [0.25, 0.3) is 0 Å². The van der Waals surface area contributed by atoms with E-state index in [1.165, 1.54) is 24.8 Å². The van der Waals surface area contributed by atoms with E-state index in [9.17, 15) is 0 Å². The zero-order valence-corrected chi connectivity index (χ0v) is 11.6. The molecule has 17 heavy (non-hydrogen) atoms. The second-order valence-corrected chi connectivity index (χ2v) is 3.86. The molecule has 1 aliphatic carbocycles. The molecule has 0 heterocycles. The number of unbranched alkanes of at least 4 members (excludes halogenated alkanes) is 1. The van der Waals surface area contributed by atoms with E-state index in [1.54, 1.807) is 0 Å². The second kappa shape index (κ2) is 11.6. The van der Waals surface area contributed by atoms with Crippen LogP contribution in [0.4, 0.5) is 0 Å². The van der Waals surface area contributed by atoms with Gasteiger partial charge in [0, 0.05) is 13.4 Å². The Morgan fingerprint density at radius 3 is 2.53 bits per heavy atom. The van der Waals surface area contributed by atoms with Crippen LogP contribution in [0.2, 0.25) is 0 Å². The predicted molar refractivity (Wildman–Crippen MR) is 80.4 cm³/mol. The number of nitrogens with one attached hydrogen (secondary N) is 1. The molecule has 3 N–H and O–H groups in total. The van der Waals surface area contributed by atoms with E-state index in [0.29, 0.717) is 12.0 Å². The Morgan fingerprint density at radius 1 is 1.41 bits per heavy atom. The number of hydrogen-bond donors (Lipinski definition) is 1. The van der Waals surface area contributed by atoms with Crippen LogP contribution < -0.4 is 5.32 Å². The van der Waals surface area contributed by atoms with E-state index < -0.39 is 0 Å². The molecule has 2 heteroatoms. The monoisotopic (exact) mass is 241 g/mol. The molecule has 1 aliphatic rings. The summed E-state index contributed by atoms with van der Waals surface area (Å²) in [5, 5.41) is 3.56. The molecule has 102 valence electrons. The van der Waals surface area contributed by atoms with Crippen LogP contribution >= 0.6 is 0 Å². The van der Waals surface area contributed by atoms with Gasteiger partial charge in [0.15, 0.2) is 0 Å². The average Bonchev–Trinajstić information content (AvgIpc) is 3.08. The van der Waals surface area contributed by atoms with Crippen LogP contribution in [0.5, 0.6) is 0 Å². The Labute approximate surface area is 108 Å². The van der Waals surface area contributed by atoms with Crippen LogP contribution in [-0.2, 0) is 0 Å². The topological polar surface area (TPSA) is 43.5 Å². The van der Waals surface area contributed by atoms with Crippen LogP contribution in [0.1, 0.15) is 41.5 Å². The van der Waals surface area contributed by atoms with Gasteiger partial charge in [-0.3, -0.25) is 0 Å². The summed E-state index contributed by atoms with van der Waals surface area (Å²) in [6, 6.07) is 0.686. The summed E-state index contributed by atoms with van der Waals surface area (Å²) >= 11 is 0. The Balaban J connectivity index is -0.000000534. The highest BCUT2D eigenvalue weighted by molar-refractivity contribution is 5.30. The van der Waals surface area contributed by atoms with Gasteiger partial charge in [-0.15, -0.1) is 0 Å². The number of rotatable bonds is 7. The van der Waals surface area contributed by atoms with E-state index in [1.807, 2.05) is 26.0 Å². The van der Waals surface area contributed by atoms with Crippen molar-refractivity contribution in [1.29, 1.82) is 0 Å². The fraction of sp³-hybridized carbons (Fsp3) is 0.600. The Kier molecular flexibility index (Phi) is 12.6. The van der Waals surface area contributed by atoms with Crippen LogP contribution in [0.3, 0.4) is 0 Å². The molecule has 2 unspecified atom stereocenters. The zero-order chi connectivity index (χ0) is 12.4. The molecule has 0 bridgehead atoms. The van der Waals surface area contributed by atoms with Gasteiger partial charge in [-0.2, -0.15) is 0 Å². The lowest BCUT2D eigenvalue weighted by atomic mass is 10.1. The van der Waals surface area contributed by atoms with Gasteiger partial charge in [-0.1, -0.05) is 58.6 Å². The summed E-state index contributed by atoms with van der Waals surface area (Å²) in [4.78, 5) is 0. The predicted octanol–water partition coefficient (Wildman–Crippen LogP) is 3.51. The van der Waals surface area contributed by atoms with E-state index in [2.05, 4.69) is 31.5 Å². The van der Waals surface area contributed by atoms with E-state index in [4.69, 9.17) is 0 Å². The van der Waals surface area contributed by atoms with Crippen molar-refractivity contribution in [1.82, 2.24) is 5.32 Å². The van der Waals surface area contributed by atoms with Gasteiger partial charge < -0.3 is 10.8 Å². The van der Waals surface area contributed by atoms with E-state index in [0.717, 1.165) is 6.54 Å². The maximum atomic E-state index is 3.83. The fourth-order valence-electron chi connectivity index (χ4n) is 1.73. The van der Waals surface area contributed by atoms with Crippen molar-refractivity contribution in [3.8, 4) is 0 Å². The van der Waals surface area contributed by atoms with Crippen LogP contribution in [0.15, 0.2) is 37.0 Å². The molecule has 1 rings (SSSR count). The van der Waals surface area contributed by atoms with Crippen molar-refractivity contribution in [3.05, 3.63) is 37.0 Å². The first-order valence-electron chi connectivity index (χ1n) is 6.52. The molecule has 1 saturated carbocycles. The maximum Gasteiger partial charge on any atom is 0.0143 e. The summed E-state index contributed by atoms with van der Waals surface area (Å²) in [6.07, 6.45) is 9.67. The molecule has 0 spiro atoms. The normalized spacial score (nSPS) is 21.7. The second-order valence-electron chi connectivity index (χ2n) is 3.86. The minimum absolute atomic E-state index is 0. The molecule has 2 nitrogen and oxygen atoms in total. The van der Waals surface area contributed by atoms with Gasteiger partial charge in [0.25, 0.3) is 0 Å². The first-order chi connectivity index (χ1) is 7.83. The highest BCUT2D eigenvalue weighted by atomic mass is 16.0. The SMILES string of the molecule is C=C/C=C(\C=C)C1CC1NCCCC.CC.O.[HH]. The largest absolute Gasteiger partial charge is 0.412 e. The molecule has 0 aromatic carbocycles. The molecule has 0 aromatic heterocycles. The minimum atomic E-state index is 0. The van der Waals surface area contributed by atoms with Crippen LogP contribution in [0, 0.1) is 5.92 Å². The fourth-order valence-corrected chi connectivity index (χ4v) is 1.73. The Bertz CT molecular complexity index is 239. The smallest absolute Gasteiger partial charge is 0.0143 e. The van der Waals surface area contributed by atoms with E-state index >= 15 is 0 Å². The van der Waals surface area contributed by atoms with Crippen molar-refractivity contribution in [2.45, 2.75) is 46.1 Å². The third kappa shape index (κ3) is 7.14. The molecule has 0 radical (unpaired) electrons. The first-order valence-corrected chi connectivity index (χ1v) is 6.52. The molecular formula is C15H31NO. The first kappa shape index (κ1) is 18.5. The van der Waals surface area contributed by atoms with Gasteiger partial charge in [-0.05, 0) is 25.0 Å². The summed E-state index contributed by atoms with van der Waals surface area (Å²) in [6.45, 7) is 14.9. The molecule has 0 amide bonds. The lowest BCUT2D eigenvalue weighted by Gasteiger charge is -2.03.